The van der Waals surface area contributed by atoms with Crippen molar-refractivity contribution in [2.24, 2.45) is 0 Å². The number of carbonyl (C=O) groups excluding carboxylic acids is 1. The van der Waals surface area contributed by atoms with Crippen LogP contribution in [0.15, 0.2) is 54.9 Å². The van der Waals surface area contributed by atoms with Crippen molar-refractivity contribution in [2.45, 2.75) is 97.3 Å². The summed E-state index contributed by atoms with van der Waals surface area (Å²) in [5.41, 5.74) is 2.11. The molecule has 39 heavy (non-hydrogen) atoms. The van der Waals surface area contributed by atoms with E-state index in [1.165, 1.54) is 63.5 Å². The summed E-state index contributed by atoms with van der Waals surface area (Å²) in [5, 5.41) is 0. The van der Waals surface area contributed by atoms with Crippen LogP contribution in [0.2, 0.25) is 0 Å². The molecule has 0 atom stereocenters. The highest BCUT2D eigenvalue weighted by Gasteiger charge is 2.13. The molecule has 0 saturated carbocycles. The number of aromatic nitrogens is 2. The molecule has 0 unspecified atom stereocenters. The van der Waals surface area contributed by atoms with Crippen LogP contribution in [0.1, 0.15) is 107 Å². The lowest BCUT2D eigenvalue weighted by atomic mass is 10.1. The van der Waals surface area contributed by atoms with Gasteiger partial charge in [0.2, 0.25) is 0 Å². The standard InChI is InChI=1S/C33H43FN2O3/c1-3-5-7-9-10-11-13-15-26-24-35-32(36-25-26)27-16-19-29(20-17-27)39-33(37)28-18-21-31(30(34)23-28)38-22-14-12-8-6-4-2/h16-21,23-25H,3-15,22H2,1-2H3. The van der Waals surface area contributed by atoms with Crippen LogP contribution >= 0.6 is 0 Å². The second-order valence-corrected chi connectivity index (χ2v) is 10.1. The first kappa shape index (κ1) is 30.3. The molecule has 0 radical (unpaired) electrons. The summed E-state index contributed by atoms with van der Waals surface area (Å²) in [6.07, 6.45) is 19.2. The van der Waals surface area contributed by atoms with Crippen LogP contribution in [-0.4, -0.2) is 22.5 Å². The average Bonchev–Trinajstić information content (AvgIpc) is 2.96. The van der Waals surface area contributed by atoms with Crippen molar-refractivity contribution >= 4 is 5.97 Å². The van der Waals surface area contributed by atoms with E-state index < -0.39 is 11.8 Å². The number of aryl methyl sites for hydroxylation is 1. The number of rotatable bonds is 18. The molecule has 0 amide bonds. The van der Waals surface area contributed by atoms with Crippen molar-refractivity contribution in [3.8, 4) is 22.9 Å². The van der Waals surface area contributed by atoms with Gasteiger partial charge in [-0.1, -0.05) is 78.1 Å². The van der Waals surface area contributed by atoms with Crippen molar-refractivity contribution in [1.82, 2.24) is 9.97 Å². The van der Waals surface area contributed by atoms with Crippen LogP contribution in [-0.2, 0) is 6.42 Å². The highest BCUT2D eigenvalue weighted by atomic mass is 19.1. The number of carbonyl (C=O) groups is 1. The first-order valence-corrected chi connectivity index (χ1v) is 14.7. The Labute approximate surface area is 233 Å². The van der Waals surface area contributed by atoms with E-state index in [-0.39, 0.29) is 11.3 Å². The Morgan fingerprint density at radius 1 is 0.769 bits per heavy atom. The lowest BCUT2D eigenvalue weighted by molar-refractivity contribution is 0.0734. The van der Waals surface area contributed by atoms with E-state index >= 15 is 0 Å². The molecule has 0 saturated heterocycles. The molecular weight excluding hydrogens is 491 g/mol. The summed E-state index contributed by atoms with van der Waals surface area (Å²) in [6.45, 7) is 4.87. The first-order valence-electron chi connectivity index (χ1n) is 14.7. The van der Waals surface area contributed by atoms with E-state index in [1.807, 2.05) is 24.5 Å². The smallest absolute Gasteiger partial charge is 0.343 e. The minimum Gasteiger partial charge on any atom is -0.491 e. The van der Waals surface area contributed by atoms with Crippen molar-refractivity contribution < 1.29 is 18.7 Å². The van der Waals surface area contributed by atoms with E-state index in [0.29, 0.717) is 18.2 Å². The zero-order valence-electron chi connectivity index (χ0n) is 23.6. The summed E-state index contributed by atoms with van der Waals surface area (Å²) >= 11 is 0. The van der Waals surface area contributed by atoms with E-state index in [0.717, 1.165) is 49.3 Å². The van der Waals surface area contributed by atoms with Crippen molar-refractivity contribution in [1.29, 1.82) is 0 Å². The number of unbranched alkanes of at least 4 members (excludes halogenated alkanes) is 10. The first-order chi connectivity index (χ1) is 19.1. The van der Waals surface area contributed by atoms with Gasteiger partial charge in [0, 0.05) is 18.0 Å². The van der Waals surface area contributed by atoms with E-state index in [1.54, 1.807) is 12.1 Å². The van der Waals surface area contributed by atoms with Gasteiger partial charge in [-0.15, -0.1) is 0 Å². The lowest BCUT2D eigenvalue weighted by Gasteiger charge is -2.09. The minimum absolute atomic E-state index is 0.131. The number of ether oxygens (including phenoxy) is 2. The molecule has 2 aromatic carbocycles. The molecule has 5 nitrogen and oxygen atoms in total. The van der Waals surface area contributed by atoms with Gasteiger partial charge in [0.1, 0.15) is 5.75 Å². The summed E-state index contributed by atoms with van der Waals surface area (Å²) in [4.78, 5) is 21.6. The number of halogens is 1. The maximum absolute atomic E-state index is 14.4. The lowest BCUT2D eigenvalue weighted by Crippen LogP contribution is -2.09. The molecule has 3 aromatic rings. The van der Waals surface area contributed by atoms with Gasteiger partial charge >= 0.3 is 5.97 Å². The topological polar surface area (TPSA) is 61.3 Å². The predicted octanol–water partition coefficient (Wildman–Crippen LogP) is 9.14. The summed E-state index contributed by atoms with van der Waals surface area (Å²) < 4.78 is 25.4. The highest BCUT2D eigenvalue weighted by molar-refractivity contribution is 5.91. The summed E-state index contributed by atoms with van der Waals surface area (Å²) in [6, 6.07) is 11.2. The Kier molecular flexibility index (Phi) is 13.5. The van der Waals surface area contributed by atoms with Gasteiger partial charge < -0.3 is 9.47 Å². The molecule has 0 N–H and O–H groups in total. The van der Waals surface area contributed by atoms with Gasteiger partial charge in [0.25, 0.3) is 0 Å². The highest BCUT2D eigenvalue weighted by Crippen LogP contribution is 2.23. The Balaban J connectivity index is 1.44. The normalized spacial score (nSPS) is 10.9. The van der Waals surface area contributed by atoms with E-state index in [9.17, 15) is 9.18 Å². The molecule has 0 bridgehead atoms. The summed E-state index contributed by atoms with van der Waals surface area (Å²) in [5.74, 6) is -0.0502. The zero-order valence-corrected chi connectivity index (χ0v) is 23.6. The maximum atomic E-state index is 14.4. The van der Waals surface area contributed by atoms with Crippen molar-refractivity contribution in [2.75, 3.05) is 6.61 Å². The second kappa shape index (κ2) is 17.3. The Morgan fingerprint density at radius 2 is 1.38 bits per heavy atom. The second-order valence-electron chi connectivity index (χ2n) is 10.1. The molecular formula is C33H43FN2O3. The van der Waals surface area contributed by atoms with E-state index in [4.69, 9.17) is 9.47 Å². The van der Waals surface area contributed by atoms with Crippen LogP contribution in [0.4, 0.5) is 4.39 Å². The van der Waals surface area contributed by atoms with Gasteiger partial charge in [-0.25, -0.2) is 19.2 Å². The minimum atomic E-state index is -0.626. The average molecular weight is 535 g/mol. The Hall–Kier alpha value is -3.28. The third-order valence-corrected chi connectivity index (χ3v) is 6.77. The fourth-order valence-electron chi connectivity index (χ4n) is 4.39. The third kappa shape index (κ3) is 10.8. The number of benzene rings is 2. The molecule has 0 aliphatic carbocycles. The molecule has 0 aliphatic heterocycles. The van der Waals surface area contributed by atoms with Gasteiger partial charge in [-0.05, 0) is 67.3 Å². The molecule has 3 rings (SSSR count). The van der Waals surface area contributed by atoms with Gasteiger partial charge in [-0.3, -0.25) is 0 Å². The molecule has 0 spiro atoms. The molecule has 6 heteroatoms. The van der Waals surface area contributed by atoms with E-state index in [2.05, 4.69) is 23.8 Å². The Morgan fingerprint density at radius 3 is 2.03 bits per heavy atom. The number of nitrogens with zero attached hydrogens (tertiary/aromatic N) is 2. The van der Waals surface area contributed by atoms with Crippen molar-refractivity contribution in [3.63, 3.8) is 0 Å². The summed E-state index contributed by atoms with van der Waals surface area (Å²) in [7, 11) is 0. The van der Waals surface area contributed by atoms with Crippen LogP contribution in [0.25, 0.3) is 11.4 Å². The monoisotopic (exact) mass is 534 g/mol. The molecule has 0 aliphatic rings. The Bertz CT molecular complexity index is 1120. The van der Waals surface area contributed by atoms with Crippen LogP contribution in [0.3, 0.4) is 0 Å². The van der Waals surface area contributed by atoms with Crippen LogP contribution in [0, 0.1) is 5.82 Å². The molecule has 0 fully saturated rings. The number of hydrogen-bond acceptors (Lipinski definition) is 5. The predicted molar refractivity (Wildman–Crippen MR) is 155 cm³/mol. The molecule has 210 valence electrons. The van der Waals surface area contributed by atoms with Crippen LogP contribution < -0.4 is 9.47 Å². The largest absolute Gasteiger partial charge is 0.491 e. The SMILES string of the molecule is CCCCCCCCCc1cnc(-c2ccc(OC(=O)c3ccc(OCCCCCCC)c(F)c3)cc2)nc1. The van der Waals surface area contributed by atoms with Gasteiger partial charge in [0.15, 0.2) is 17.4 Å². The molecule has 1 heterocycles. The number of hydrogen-bond donors (Lipinski definition) is 0. The van der Waals surface area contributed by atoms with Crippen molar-refractivity contribution in [3.05, 3.63) is 71.8 Å². The van der Waals surface area contributed by atoms with Gasteiger partial charge in [-0.2, -0.15) is 0 Å². The number of esters is 1. The quantitative estimate of drug-likeness (QED) is 0.0925. The fourth-order valence-corrected chi connectivity index (χ4v) is 4.39. The third-order valence-electron chi connectivity index (χ3n) is 6.77. The fraction of sp³-hybridized carbons (Fsp3) is 0.485. The maximum Gasteiger partial charge on any atom is 0.343 e. The van der Waals surface area contributed by atoms with Crippen LogP contribution in [0.5, 0.6) is 11.5 Å². The zero-order chi connectivity index (χ0) is 27.7. The molecule has 1 aromatic heterocycles. The van der Waals surface area contributed by atoms with Gasteiger partial charge in [0.05, 0.1) is 12.2 Å².